The molecular weight excluding hydrogens is 293 g/mol. The van der Waals surface area contributed by atoms with Crippen molar-refractivity contribution in [3.05, 3.63) is 0 Å². The lowest BCUT2D eigenvalue weighted by Crippen LogP contribution is -2.18. The van der Waals surface area contributed by atoms with E-state index in [0.717, 1.165) is 0 Å². The molecule has 0 amide bonds. The van der Waals surface area contributed by atoms with Crippen LogP contribution in [-0.2, 0) is 27.7 Å². The molecule has 0 saturated heterocycles. The molecule has 0 heterocycles. The molecule has 2 N–H and O–H groups in total. The lowest BCUT2D eigenvalue weighted by atomic mass is 10.6. The Morgan fingerprint density at radius 2 is 1.40 bits per heavy atom. The van der Waals surface area contributed by atoms with Gasteiger partial charge in [0, 0.05) is 6.54 Å². The predicted octanol–water partition coefficient (Wildman–Crippen LogP) is 0.901. The summed E-state index contributed by atoms with van der Waals surface area (Å²) in [4.78, 5) is 20.1. The number of nitrogens with zero attached hydrogens (tertiary/aromatic N) is 1. The van der Waals surface area contributed by atoms with Gasteiger partial charge in [0.15, 0.2) is 0 Å². The fraction of sp³-hybridized carbons (Fsp3) is 0.800. The van der Waals surface area contributed by atoms with E-state index in [1.807, 2.05) is 19.0 Å². The van der Waals surface area contributed by atoms with E-state index in [1.165, 1.54) is 0 Å². The van der Waals surface area contributed by atoms with E-state index >= 15 is 0 Å². The SMILES string of the molecule is CCOP(=O)(OCC)OCCN(C)C.O=C(O)C(=O)O. The molecule has 10 heteroatoms. The smallest absolute Gasteiger partial charge is 0.473 e. The molecule has 0 spiro atoms. The summed E-state index contributed by atoms with van der Waals surface area (Å²) in [5.41, 5.74) is 0. The molecule has 0 aromatic heterocycles. The number of hydrogen-bond acceptors (Lipinski definition) is 7. The van der Waals surface area contributed by atoms with Crippen LogP contribution >= 0.6 is 7.82 Å². The summed E-state index contributed by atoms with van der Waals surface area (Å²) in [5, 5.41) is 14.8. The van der Waals surface area contributed by atoms with Gasteiger partial charge in [-0.25, -0.2) is 14.2 Å². The second-order valence-electron chi connectivity index (χ2n) is 3.53. The Hall–Kier alpha value is -0.990. The van der Waals surface area contributed by atoms with E-state index < -0.39 is 19.8 Å². The molecule has 0 bridgehead atoms. The quantitative estimate of drug-likeness (QED) is 0.496. The summed E-state index contributed by atoms with van der Waals surface area (Å²) < 4.78 is 26.7. The Morgan fingerprint density at radius 1 is 1.00 bits per heavy atom. The normalized spacial score (nSPS) is 10.8. The van der Waals surface area contributed by atoms with Crippen molar-refractivity contribution in [3.63, 3.8) is 0 Å². The van der Waals surface area contributed by atoms with Gasteiger partial charge in [0.05, 0.1) is 19.8 Å². The van der Waals surface area contributed by atoms with Gasteiger partial charge in [-0.3, -0.25) is 13.6 Å². The zero-order chi connectivity index (χ0) is 16.2. The van der Waals surface area contributed by atoms with Gasteiger partial charge in [0.25, 0.3) is 0 Å². The van der Waals surface area contributed by atoms with Crippen molar-refractivity contribution in [2.24, 2.45) is 0 Å². The lowest BCUT2D eigenvalue weighted by Gasteiger charge is -2.17. The van der Waals surface area contributed by atoms with Crippen LogP contribution in [0.3, 0.4) is 0 Å². The molecule has 0 unspecified atom stereocenters. The molecule has 0 aromatic rings. The maximum atomic E-state index is 11.7. The number of likely N-dealkylation sites (N-methyl/N-ethyl adjacent to an activating group) is 1. The van der Waals surface area contributed by atoms with E-state index in [4.69, 9.17) is 33.4 Å². The third-order valence-corrected chi connectivity index (χ3v) is 3.19. The molecule has 120 valence electrons. The minimum Gasteiger partial charge on any atom is -0.473 e. The Balaban J connectivity index is 0. The summed E-state index contributed by atoms with van der Waals surface area (Å²) in [7, 11) is 0.522. The van der Waals surface area contributed by atoms with Gasteiger partial charge in [0.1, 0.15) is 0 Å². The van der Waals surface area contributed by atoms with Crippen LogP contribution in [-0.4, -0.2) is 67.5 Å². The second-order valence-corrected chi connectivity index (χ2v) is 5.20. The van der Waals surface area contributed by atoms with Gasteiger partial charge in [-0.1, -0.05) is 0 Å². The van der Waals surface area contributed by atoms with Crippen molar-refractivity contribution in [3.8, 4) is 0 Å². The number of carboxylic acid groups (broad SMARTS) is 2. The maximum Gasteiger partial charge on any atom is 0.474 e. The van der Waals surface area contributed by atoms with E-state index in [9.17, 15) is 4.57 Å². The Bertz CT molecular complexity index is 311. The Kier molecular flexibility index (Phi) is 12.6. The first-order valence-corrected chi connectivity index (χ1v) is 7.29. The monoisotopic (exact) mass is 315 g/mol. The fourth-order valence-corrected chi connectivity index (χ4v) is 1.92. The van der Waals surface area contributed by atoms with Gasteiger partial charge >= 0.3 is 19.8 Å². The molecule has 0 aromatic carbocycles. The summed E-state index contributed by atoms with van der Waals surface area (Å²) in [6.07, 6.45) is 0. The molecular formula is C10H22NO8P. The highest BCUT2D eigenvalue weighted by atomic mass is 31.2. The second kappa shape index (κ2) is 11.8. The van der Waals surface area contributed by atoms with Gasteiger partial charge in [-0.15, -0.1) is 0 Å². The van der Waals surface area contributed by atoms with E-state index in [-0.39, 0.29) is 0 Å². The average molecular weight is 315 g/mol. The summed E-state index contributed by atoms with van der Waals surface area (Å²) in [5.74, 6) is -3.65. The van der Waals surface area contributed by atoms with Gasteiger partial charge in [0.2, 0.25) is 0 Å². The molecule has 0 atom stereocenters. The molecule has 20 heavy (non-hydrogen) atoms. The van der Waals surface area contributed by atoms with Gasteiger partial charge in [-0.2, -0.15) is 0 Å². The highest BCUT2D eigenvalue weighted by Gasteiger charge is 2.24. The third kappa shape index (κ3) is 13.4. The third-order valence-electron chi connectivity index (χ3n) is 1.55. The standard InChI is InChI=1S/C8H20NO4P.C2H2O4/c1-5-11-14(10,12-6-2)13-8-7-9(3)4;3-1(4)2(5)6/h5-8H2,1-4H3;(H,3,4)(H,5,6). The van der Waals surface area contributed by atoms with Gasteiger partial charge < -0.3 is 15.1 Å². The summed E-state index contributed by atoms with van der Waals surface area (Å²) in [6, 6.07) is 0. The molecule has 0 aliphatic carbocycles. The van der Waals surface area contributed by atoms with Crippen LogP contribution in [0.5, 0.6) is 0 Å². The average Bonchev–Trinajstić information content (AvgIpc) is 2.29. The zero-order valence-electron chi connectivity index (χ0n) is 12.1. The molecule has 0 aliphatic rings. The summed E-state index contributed by atoms with van der Waals surface area (Å²) in [6.45, 7) is 5.16. The van der Waals surface area contributed by atoms with Crippen molar-refractivity contribution < 1.29 is 37.9 Å². The van der Waals surface area contributed by atoms with E-state index in [2.05, 4.69) is 0 Å². The number of carboxylic acids is 2. The van der Waals surface area contributed by atoms with E-state index in [1.54, 1.807) is 13.8 Å². The highest BCUT2D eigenvalue weighted by Crippen LogP contribution is 2.48. The highest BCUT2D eigenvalue weighted by molar-refractivity contribution is 7.48. The Labute approximate surface area is 118 Å². The number of aliphatic carboxylic acids is 2. The number of phosphoric ester groups is 1. The minimum atomic E-state index is -3.30. The molecule has 9 nitrogen and oxygen atoms in total. The van der Waals surface area contributed by atoms with Gasteiger partial charge in [-0.05, 0) is 27.9 Å². The molecule has 0 rings (SSSR count). The fourth-order valence-electron chi connectivity index (χ4n) is 0.763. The van der Waals surface area contributed by atoms with Crippen LogP contribution in [0.25, 0.3) is 0 Å². The Morgan fingerprint density at radius 3 is 1.65 bits per heavy atom. The van der Waals surface area contributed by atoms with Crippen LogP contribution in [0.2, 0.25) is 0 Å². The largest absolute Gasteiger partial charge is 0.474 e. The van der Waals surface area contributed by atoms with Crippen LogP contribution in [0.15, 0.2) is 0 Å². The van der Waals surface area contributed by atoms with E-state index in [0.29, 0.717) is 26.4 Å². The minimum absolute atomic E-state index is 0.319. The molecule has 0 radical (unpaired) electrons. The van der Waals surface area contributed by atoms with Crippen molar-refractivity contribution >= 4 is 19.8 Å². The molecule has 0 saturated carbocycles. The maximum absolute atomic E-state index is 11.7. The number of phosphoric acid groups is 1. The van der Waals surface area contributed by atoms with Crippen LogP contribution in [0.4, 0.5) is 0 Å². The first-order chi connectivity index (χ1) is 9.18. The number of carbonyl (C=O) groups is 2. The topological polar surface area (TPSA) is 123 Å². The van der Waals surface area contributed by atoms with Crippen molar-refractivity contribution in [1.82, 2.24) is 4.90 Å². The number of hydrogen-bond donors (Lipinski definition) is 2. The first-order valence-electron chi connectivity index (χ1n) is 5.83. The summed E-state index contributed by atoms with van der Waals surface area (Å²) >= 11 is 0. The van der Waals surface area contributed by atoms with Crippen molar-refractivity contribution in [2.75, 3.05) is 40.5 Å². The molecule has 0 fully saturated rings. The first kappa shape index (κ1) is 21.3. The predicted molar refractivity (Wildman–Crippen MR) is 70.6 cm³/mol. The van der Waals surface area contributed by atoms with Crippen molar-refractivity contribution in [1.29, 1.82) is 0 Å². The lowest BCUT2D eigenvalue weighted by molar-refractivity contribution is -0.159. The van der Waals surface area contributed by atoms with Crippen LogP contribution in [0.1, 0.15) is 13.8 Å². The molecule has 0 aliphatic heterocycles. The number of rotatable bonds is 8. The van der Waals surface area contributed by atoms with Crippen LogP contribution < -0.4 is 0 Å². The van der Waals surface area contributed by atoms with Crippen molar-refractivity contribution in [2.45, 2.75) is 13.8 Å². The van der Waals surface area contributed by atoms with Crippen LogP contribution in [0, 0.1) is 0 Å². The zero-order valence-corrected chi connectivity index (χ0v) is 13.0.